The van der Waals surface area contributed by atoms with Gasteiger partial charge in [-0.3, -0.25) is 4.79 Å². The van der Waals surface area contributed by atoms with Gasteiger partial charge in [-0.2, -0.15) is 5.10 Å². The molecule has 4 heteroatoms. The molecule has 14 heavy (non-hydrogen) atoms. The fourth-order valence-corrected chi connectivity index (χ4v) is 1.70. The minimum atomic E-state index is -0.117. The van der Waals surface area contributed by atoms with Crippen LogP contribution in [0.25, 0.3) is 10.8 Å². The molecule has 0 saturated heterocycles. The fourth-order valence-electron chi connectivity index (χ4n) is 1.42. The summed E-state index contributed by atoms with van der Waals surface area (Å²) in [7, 11) is 1.59. The number of rotatable bonds is 0. The average molecular weight is 209 g/mol. The van der Waals surface area contributed by atoms with Crippen molar-refractivity contribution in [3.05, 3.63) is 39.3 Å². The lowest BCUT2D eigenvalue weighted by molar-refractivity contribution is 0.719. The SMILES string of the molecule is Cc1ccc2c(Cl)nn(C)c(=O)c2c1. The number of aromatic nitrogens is 2. The van der Waals surface area contributed by atoms with Crippen molar-refractivity contribution in [1.29, 1.82) is 0 Å². The number of hydrogen-bond acceptors (Lipinski definition) is 2. The van der Waals surface area contributed by atoms with Gasteiger partial charge in [-0.05, 0) is 13.0 Å². The van der Waals surface area contributed by atoms with E-state index in [1.165, 1.54) is 4.68 Å². The van der Waals surface area contributed by atoms with E-state index in [9.17, 15) is 4.79 Å². The molecule has 0 unspecified atom stereocenters. The minimum Gasteiger partial charge on any atom is -0.267 e. The largest absolute Gasteiger partial charge is 0.274 e. The molecule has 72 valence electrons. The number of aryl methyl sites for hydroxylation is 2. The summed E-state index contributed by atoms with van der Waals surface area (Å²) < 4.78 is 1.25. The van der Waals surface area contributed by atoms with Gasteiger partial charge < -0.3 is 0 Å². The van der Waals surface area contributed by atoms with Crippen LogP contribution in [0.3, 0.4) is 0 Å². The zero-order valence-electron chi connectivity index (χ0n) is 7.91. The Morgan fingerprint density at radius 3 is 2.79 bits per heavy atom. The van der Waals surface area contributed by atoms with Crippen molar-refractivity contribution in [3.8, 4) is 0 Å². The first kappa shape index (κ1) is 9.21. The van der Waals surface area contributed by atoms with E-state index in [0.29, 0.717) is 15.9 Å². The second-order valence-corrected chi connectivity index (χ2v) is 3.63. The van der Waals surface area contributed by atoms with Gasteiger partial charge in [0.05, 0.1) is 5.39 Å². The van der Waals surface area contributed by atoms with Crippen LogP contribution in [-0.2, 0) is 7.05 Å². The third-order valence-electron chi connectivity index (χ3n) is 2.16. The summed E-state index contributed by atoms with van der Waals surface area (Å²) in [4.78, 5) is 11.7. The van der Waals surface area contributed by atoms with Gasteiger partial charge in [-0.15, -0.1) is 0 Å². The van der Waals surface area contributed by atoms with Gasteiger partial charge in [-0.25, -0.2) is 4.68 Å². The van der Waals surface area contributed by atoms with Crippen molar-refractivity contribution in [1.82, 2.24) is 9.78 Å². The number of benzene rings is 1. The van der Waals surface area contributed by atoms with Crippen molar-refractivity contribution in [2.24, 2.45) is 7.05 Å². The van der Waals surface area contributed by atoms with Crippen LogP contribution >= 0.6 is 11.6 Å². The molecule has 0 amide bonds. The van der Waals surface area contributed by atoms with Crippen LogP contribution in [-0.4, -0.2) is 9.78 Å². The summed E-state index contributed by atoms with van der Waals surface area (Å²) in [6.07, 6.45) is 0. The van der Waals surface area contributed by atoms with Crippen molar-refractivity contribution >= 4 is 22.4 Å². The van der Waals surface area contributed by atoms with Crippen molar-refractivity contribution in [2.75, 3.05) is 0 Å². The summed E-state index contributed by atoms with van der Waals surface area (Å²) in [6.45, 7) is 1.94. The molecule has 0 saturated carbocycles. The lowest BCUT2D eigenvalue weighted by Crippen LogP contribution is -2.19. The zero-order chi connectivity index (χ0) is 10.3. The van der Waals surface area contributed by atoms with E-state index in [2.05, 4.69) is 5.10 Å². The first-order valence-corrected chi connectivity index (χ1v) is 4.60. The maximum absolute atomic E-state index is 11.7. The van der Waals surface area contributed by atoms with Crippen LogP contribution in [0.2, 0.25) is 5.15 Å². The average Bonchev–Trinajstić information content (AvgIpc) is 2.14. The molecule has 0 fully saturated rings. The number of halogens is 1. The molecular weight excluding hydrogens is 200 g/mol. The van der Waals surface area contributed by atoms with E-state index < -0.39 is 0 Å². The fraction of sp³-hybridized carbons (Fsp3) is 0.200. The van der Waals surface area contributed by atoms with Crippen LogP contribution in [0.5, 0.6) is 0 Å². The molecule has 0 spiro atoms. The predicted molar refractivity (Wildman–Crippen MR) is 56.7 cm³/mol. The van der Waals surface area contributed by atoms with Crippen molar-refractivity contribution in [2.45, 2.75) is 6.92 Å². The van der Waals surface area contributed by atoms with Crippen molar-refractivity contribution in [3.63, 3.8) is 0 Å². The van der Waals surface area contributed by atoms with Gasteiger partial charge in [0.2, 0.25) is 0 Å². The molecular formula is C10H9ClN2O. The Kier molecular flexibility index (Phi) is 2.04. The second kappa shape index (κ2) is 3.10. The molecule has 0 aliphatic rings. The lowest BCUT2D eigenvalue weighted by atomic mass is 10.1. The molecule has 1 aromatic carbocycles. The highest BCUT2D eigenvalue weighted by atomic mass is 35.5. The molecule has 0 atom stereocenters. The van der Waals surface area contributed by atoms with Gasteiger partial charge in [0.15, 0.2) is 5.15 Å². The highest BCUT2D eigenvalue weighted by molar-refractivity contribution is 6.34. The van der Waals surface area contributed by atoms with Crippen molar-refractivity contribution < 1.29 is 0 Å². The Morgan fingerprint density at radius 1 is 1.36 bits per heavy atom. The molecule has 0 aliphatic carbocycles. The summed E-state index contributed by atoms with van der Waals surface area (Å²) >= 11 is 5.92. The van der Waals surface area contributed by atoms with Gasteiger partial charge in [-0.1, -0.05) is 29.3 Å². The van der Waals surface area contributed by atoms with Gasteiger partial charge >= 0.3 is 0 Å². The maximum Gasteiger partial charge on any atom is 0.274 e. The smallest absolute Gasteiger partial charge is 0.267 e. The third kappa shape index (κ3) is 1.30. The Balaban J connectivity index is 3.03. The maximum atomic E-state index is 11.7. The molecule has 2 aromatic rings. The molecule has 0 radical (unpaired) electrons. The van der Waals surface area contributed by atoms with E-state index in [4.69, 9.17) is 11.6 Å². The first-order chi connectivity index (χ1) is 6.59. The van der Waals surface area contributed by atoms with E-state index in [-0.39, 0.29) is 5.56 Å². The van der Waals surface area contributed by atoms with Crippen LogP contribution < -0.4 is 5.56 Å². The summed E-state index contributed by atoms with van der Waals surface area (Å²) in [6, 6.07) is 5.56. The van der Waals surface area contributed by atoms with Gasteiger partial charge in [0, 0.05) is 12.4 Å². The van der Waals surface area contributed by atoms with E-state index in [0.717, 1.165) is 5.56 Å². The van der Waals surface area contributed by atoms with E-state index >= 15 is 0 Å². The Bertz CT molecular complexity index is 560. The number of fused-ring (bicyclic) bond motifs is 1. The highest BCUT2D eigenvalue weighted by Crippen LogP contribution is 2.18. The molecule has 0 aliphatic heterocycles. The summed E-state index contributed by atoms with van der Waals surface area (Å²) in [5, 5.41) is 5.59. The monoisotopic (exact) mass is 208 g/mol. The number of nitrogens with zero attached hydrogens (tertiary/aromatic N) is 2. The lowest BCUT2D eigenvalue weighted by Gasteiger charge is -2.03. The quantitative estimate of drug-likeness (QED) is 0.663. The number of hydrogen-bond donors (Lipinski definition) is 0. The van der Waals surface area contributed by atoms with Gasteiger partial charge in [0.25, 0.3) is 5.56 Å². The van der Waals surface area contributed by atoms with E-state index in [1.54, 1.807) is 7.05 Å². The molecule has 0 bridgehead atoms. The molecule has 2 rings (SSSR count). The van der Waals surface area contributed by atoms with E-state index in [1.807, 2.05) is 25.1 Å². The van der Waals surface area contributed by atoms with Gasteiger partial charge in [0.1, 0.15) is 0 Å². The van der Waals surface area contributed by atoms with Crippen LogP contribution in [0.1, 0.15) is 5.56 Å². The Labute approximate surface area is 85.9 Å². The van der Waals surface area contributed by atoms with Crippen LogP contribution in [0.4, 0.5) is 0 Å². The molecule has 1 aromatic heterocycles. The van der Waals surface area contributed by atoms with Crippen LogP contribution in [0.15, 0.2) is 23.0 Å². The third-order valence-corrected chi connectivity index (χ3v) is 2.44. The molecule has 0 N–H and O–H groups in total. The predicted octanol–water partition coefficient (Wildman–Crippen LogP) is 1.90. The highest BCUT2D eigenvalue weighted by Gasteiger charge is 2.06. The standard InChI is InChI=1S/C10H9ClN2O/c1-6-3-4-7-8(5-6)10(14)13(2)12-9(7)11/h3-5H,1-2H3. The Morgan fingerprint density at radius 2 is 2.07 bits per heavy atom. The second-order valence-electron chi connectivity index (χ2n) is 3.27. The van der Waals surface area contributed by atoms with Crippen LogP contribution in [0, 0.1) is 6.92 Å². The normalized spacial score (nSPS) is 10.8. The topological polar surface area (TPSA) is 34.9 Å². The summed E-state index contributed by atoms with van der Waals surface area (Å²) in [5.74, 6) is 0. The first-order valence-electron chi connectivity index (χ1n) is 4.23. The minimum absolute atomic E-state index is 0.117. The molecule has 3 nitrogen and oxygen atoms in total. The molecule has 1 heterocycles. The summed E-state index contributed by atoms with van der Waals surface area (Å²) in [5.41, 5.74) is 0.921. The Hall–Kier alpha value is -1.35. The zero-order valence-corrected chi connectivity index (χ0v) is 8.67.